The summed E-state index contributed by atoms with van der Waals surface area (Å²) in [7, 11) is 2.97. The van der Waals surface area contributed by atoms with Gasteiger partial charge in [-0.15, -0.1) is 0 Å². The van der Waals surface area contributed by atoms with Crippen molar-refractivity contribution in [3.05, 3.63) is 29.8 Å². The normalized spacial score (nSPS) is 19.6. The van der Waals surface area contributed by atoms with E-state index in [9.17, 15) is 4.79 Å². The lowest BCUT2D eigenvalue weighted by atomic mass is 9.95. The molecular formula is C16H20O5. The number of carbonyl (C=O) groups excluding carboxylic acids is 1. The summed E-state index contributed by atoms with van der Waals surface area (Å²) in [5, 5.41) is 0. The Morgan fingerprint density at radius 3 is 2.86 bits per heavy atom. The Labute approximate surface area is 124 Å². The number of fused-ring (bicyclic) bond motifs is 1. The van der Waals surface area contributed by atoms with Crippen LogP contribution in [0.25, 0.3) is 6.08 Å². The van der Waals surface area contributed by atoms with E-state index >= 15 is 0 Å². The molecule has 1 unspecified atom stereocenters. The van der Waals surface area contributed by atoms with E-state index in [0.717, 1.165) is 17.1 Å². The maximum absolute atomic E-state index is 11.3. The number of carbonyl (C=O) groups is 1. The Balaban J connectivity index is 2.06. The molecule has 1 aliphatic heterocycles. The predicted molar refractivity (Wildman–Crippen MR) is 78.3 cm³/mol. The molecule has 1 atom stereocenters. The van der Waals surface area contributed by atoms with Crippen LogP contribution in [0.4, 0.5) is 0 Å². The quantitative estimate of drug-likeness (QED) is 0.596. The van der Waals surface area contributed by atoms with Crippen molar-refractivity contribution >= 4 is 12.0 Å². The Morgan fingerprint density at radius 2 is 2.14 bits per heavy atom. The van der Waals surface area contributed by atoms with Gasteiger partial charge in [0.1, 0.15) is 17.1 Å². The lowest BCUT2D eigenvalue weighted by Crippen LogP contribution is -2.32. The first-order valence-corrected chi connectivity index (χ1v) is 6.77. The number of hydrogen-bond donors (Lipinski definition) is 0. The van der Waals surface area contributed by atoms with Crippen LogP contribution in [0.3, 0.4) is 0 Å². The van der Waals surface area contributed by atoms with E-state index in [0.29, 0.717) is 12.8 Å². The van der Waals surface area contributed by atoms with Gasteiger partial charge in [0.2, 0.25) is 0 Å². The van der Waals surface area contributed by atoms with Crippen LogP contribution in [-0.4, -0.2) is 32.6 Å². The number of ether oxygens (including phenoxy) is 4. The summed E-state index contributed by atoms with van der Waals surface area (Å²) in [5.41, 5.74) is 0.440. The molecule has 0 fully saturated rings. The molecule has 5 nitrogen and oxygen atoms in total. The Hall–Kier alpha value is -2.01. The van der Waals surface area contributed by atoms with Gasteiger partial charge < -0.3 is 18.9 Å². The van der Waals surface area contributed by atoms with Crippen LogP contribution in [0.1, 0.15) is 25.3 Å². The highest BCUT2D eigenvalue weighted by molar-refractivity contribution is 5.69. The summed E-state index contributed by atoms with van der Waals surface area (Å²) in [6.45, 7) is 2.16. The average molecular weight is 292 g/mol. The highest BCUT2D eigenvalue weighted by atomic mass is 16.7. The van der Waals surface area contributed by atoms with E-state index in [1.165, 1.54) is 7.11 Å². The molecule has 1 aromatic rings. The molecule has 1 aromatic carbocycles. The van der Waals surface area contributed by atoms with Gasteiger partial charge in [-0.25, -0.2) is 0 Å². The van der Waals surface area contributed by atoms with E-state index in [1.54, 1.807) is 7.11 Å². The first-order valence-electron chi connectivity index (χ1n) is 6.77. The van der Waals surface area contributed by atoms with Crippen molar-refractivity contribution in [2.75, 3.05) is 21.0 Å². The van der Waals surface area contributed by atoms with Gasteiger partial charge in [-0.05, 0) is 31.2 Å². The molecule has 114 valence electrons. The lowest BCUT2D eigenvalue weighted by molar-refractivity contribution is -0.141. The van der Waals surface area contributed by atoms with Crippen LogP contribution in [0.15, 0.2) is 24.3 Å². The summed E-state index contributed by atoms with van der Waals surface area (Å²) in [5.74, 6) is 1.26. The van der Waals surface area contributed by atoms with Gasteiger partial charge in [0.05, 0.1) is 7.11 Å². The van der Waals surface area contributed by atoms with Crippen molar-refractivity contribution in [2.45, 2.75) is 25.4 Å². The second-order valence-corrected chi connectivity index (χ2v) is 5.07. The standard InChI is InChI=1S/C16H20O5/c1-16(9-7-15(17)19-3)8-6-12-10-13(20-11-18-2)4-5-14(12)21-16/h4-6,8,10H,7,9,11H2,1-3H3. The second-order valence-electron chi connectivity index (χ2n) is 5.07. The Morgan fingerprint density at radius 1 is 1.33 bits per heavy atom. The second kappa shape index (κ2) is 6.63. The molecular weight excluding hydrogens is 272 g/mol. The summed E-state index contributed by atoms with van der Waals surface area (Å²) in [6.07, 6.45) is 4.83. The number of benzene rings is 1. The van der Waals surface area contributed by atoms with Crippen molar-refractivity contribution in [2.24, 2.45) is 0 Å². The monoisotopic (exact) mass is 292 g/mol. The summed E-state index contributed by atoms with van der Waals surface area (Å²) < 4.78 is 20.9. The van der Waals surface area contributed by atoms with Gasteiger partial charge in [-0.1, -0.05) is 6.08 Å². The van der Waals surface area contributed by atoms with Gasteiger partial charge >= 0.3 is 5.97 Å². The smallest absolute Gasteiger partial charge is 0.305 e. The molecule has 1 aliphatic rings. The molecule has 0 saturated heterocycles. The SMILES string of the molecule is COCOc1ccc2c(c1)C=CC(C)(CCC(=O)OC)O2. The molecule has 0 radical (unpaired) electrons. The highest BCUT2D eigenvalue weighted by Gasteiger charge is 2.28. The number of methoxy groups -OCH3 is 2. The molecule has 5 heteroatoms. The van der Waals surface area contributed by atoms with Gasteiger partial charge in [0, 0.05) is 25.5 Å². The third kappa shape index (κ3) is 3.98. The molecule has 2 rings (SSSR count). The minimum atomic E-state index is -0.504. The van der Waals surface area contributed by atoms with E-state index in [-0.39, 0.29) is 12.8 Å². The average Bonchev–Trinajstić information content (AvgIpc) is 2.50. The van der Waals surface area contributed by atoms with E-state index in [1.807, 2.05) is 37.3 Å². The molecule has 0 saturated carbocycles. The summed E-state index contributed by atoms with van der Waals surface area (Å²) in [6, 6.07) is 5.59. The van der Waals surface area contributed by atoms with Crippen molar-refractivity contribution in [1.29, 1.82) is 0 Å². The summed E-state index contributed by atoms with van der Waals surface area (Å²) in [4.78, 5) is 11.3. The molecule has 0 aromatic heterocycles. The largest absolute Gasteiger partial charge is 0.483 e. The Bertz CT molecular complexity index is 537. The topological polar surface area (TPSA) is 54.0 Å². The van der Waals surface area contributed by atoms with Crippen molar-refractivity contribution in [1.82, 2.24) is 0 Å². The lowest BCUT2D eigenvalue weighted by Gasteiger charge is -2.31. The highest BCUT2D eigenvalue weighted by Crippen LogP contribution is 2.35. The predicted octanol–water partition coefficient (Wildman–Crippen LogP) is 2.79. The van der Waals surface area contributed by atoms with Crippen molar-refractivity contribution in [3.63, 3.8) is 0 Å². The number of rotatable bonds is 6. The molecule has 0 spiro atoms. The maximum atomic E-state index is 11.3. The van der Waals surface area contributed by atoms with Gasteiger partial charge in [-0.2, -0.15) is 0 Å². The van der Waals surface area contributed by atoms with Crippen LogP contribution >= 0.6 is 0 Å². The molecule has 1 heterocycles. The van der Waals surface area contributed by atoms with Crippen molar-refractivity contribution in [3.8, 4) is 11.5 Å². The molecule has 0 amide bonds. The summed E-state index contributed by atoms with van der Waals surface area (Å²) >= 11 is 0. The van der Waals surface area contributed by atoms with Gasteiger partial charge in [-0.3, -0.25) is 4.79 Å². The molecule has 0 aliphatic carbocycles. The Kier molecular flexibility index (Phi) is 4.85. The minimum Gasteiger partial charge on any atom is -0.483 e. The molecule has 0 N–H and O–H groups in total. The zero-order valence-electron chi connectivity index (χ0n) is 12.5. The zero-order chi connectivity index (χ0) is 15.3. The first kappa shape index (κ1) is 15.4. The van der Waals surface area contributed by atoms with Crippen LogP contribution in [0.5, 0.6) is 11.5 Å². The fraction of sp³-hybridized carbons (Fsp3) is 0.438. The van der Waals surface area contributed by atoms with Crippen LogP contribution in [-0.2, 0) is 14.3 Å². The van der Waals surface area contributed by atoms with Crippen LogP contribution in [0, 0.1) is 0 Å². The molecule has 21 heavy (non-hydrogen) atoms. The number of hydrogen-bond acceptors (Lipinski definition) is 5. The van der Waals surface area contributed by atoms with E-state index < -0.39 is 5.60 Å². The molecule has 0 bridgehead atoms. The first-order chi connectivity index (χ1) is 10.1. The van der Waals surface area contributed by atoms with E-state index in [4.69, 9.17) is 14.2 Å². The van der Waals surface area contributed by atoms with Gasteiger partial charge in [0.25, 0.3) is 0 Å². The zero-order valence-corrected chi connectivity index (χ0v) is 12.5. The van der Waals surface area contributed by atoms with Crippen LogP contribution < -0.4 is 9.47 Å². The minimum absolute atomic E-state index is 0.209. The maximum Gasteiger partial charge on any atom is 0.305 e. The third-order valence-electron chi connectivity index (χ3n) is 3.34. The number of esters is 1. The van der Waals surface area contributed by atoms with Gasteiger partial charge in [0.15, 0.2) is 6.79 Å². The van der Waals surface area contributed by atoms with Crippen LogP contribution in [0.2, 0.25) is 0 Å². The van der Waals surface area contributed by atoms with E-state index in [2.05, 4.69) is 4.74 Å². The fourth-order valence-electron chi connectivity index (χ4n) is 2.10. The fourth-order valence-corrected chi connectivity index (χ4v) is 2.10. The third-order valence-corrected chi connectivity index (χ3v) is 3.34. The van der Waals surface area contributed by atoms with Crippen molar-refractivity contribution < 1.29 is 23.7 Å².